The maximum absolute atomic E-state index is 13.7. The van der Waals surface area contributed by atoms with Gasteiger partial charge in [0.1, 0.15) is 23.3 Å². The topological polar surface area (TPSA) is 21.1 Å². The van der Waals surface area contributed by atoms with Crippen LogP contribution in [0.4, 0.5) is 23.2 Å². The lowest BCUT2D eigenvalue weighted by molar-refractivity contribution is 0.576. The van der Waals surface area contributed by atoms with Crippen LogP contribution in [0.1, 0.15) is 11.1 Å². The van der Waals surface area contributed by atoms with Crippen molar-refractivity contribution in [3.05, 3.63) is 95.2 Å². The molecule has 7 heteroatoms. The molecule has 3 aromatic carbocycles. The molecule has 0 bridgehead atoms. The normalized spacial score (nSPS) is 11.2. The second-order valence-electron chi connectivity index (χ2n) is 6.92. The fourth-order valence-electron chi connectivity index (χ4n) is 3.43. The summed E-state index contributed by atoms with van der Waals surface area (Å²) < 4.78 is 56.4. The van der Waals surface area contributed by atoms with Crippen molar-refractivity contribution in [1.29, 1.82) is 0 Å². The Balaban J connectivity index is 1.74. The molecule has 0 aliphatic rings. The van der Waals surface area contributed by atoms with Crippen molar-refractivity contribution in [2.45, 2.75) is 13.1 Å². The third kappa shape index (κ3) is 4.23. The van der Waals surface area contributed by atoms with Gasteiger partial charge in [0, 0.05) is 43.3 Å². The molecule has 1 aromatic heterocycles. The maximum atomic E-state index is 13.7. The molecule has 0 unspecified atom stereocenters. The van der Waals surface area contributed by atoms with Crippen LogP contribution < -0.4 is 4.90 Å². The minimum Gasteiger partial charge on any atom is -0.363 e. The van der Waals surface area contributed by atoms with E-state index in [1.54, 1.807) is 15.8 Å². The number of aryl methyl sites for hydroxylation is 1. The largest absolute Gasteiger partial charge is 0.363 e. The van der Waals surface area contributed by atoms with Crippen LogP contribution in [0.2, 0.25) is 0 Å². The van der Waals surface area contributed by atoms with E-state index in [0.717, 1.165) is 28.7 Å². The zero-order valence-electron chi connectivity index (χ0n) is 15.5. The minimum atomic E-state index is -0.681. The Hall–Kier alpha value is -3.35. The van der Waals surface area contributed by atoms with Gasteiger partial charge in [-0.2, -0.15) is 5.10 Å². The van der Waals surface area contributed by atoms with E-state index in [2.05, 4.69) is 5.10 Å². The quantitative estimate of drug-likeness (QED) is 0.423. The van der Waals surface area contributed by atoms with Crippen LogP contribution in [0.15, 0.2) is 60.8 Å². The number of halogens is 4. The SMILES string of the molecule is Cn1ncc2cc(N(Cc3cc(F)cc(F)c3)Cc3cc(F)cc(F)c3)ccc21. The van der Waals surface area contributed by atoms with Crippen LogP contribution in [-0.2, 0) is 20.1 Å². The summed E-state index contributed by atoms with van der Waals surface area (Å²) in [5, 5.41) is 5.09. The zero-order chi connectivity index (χ0) is 20.5. The Morgan fingerprint density at radius 2 is 1.28 bits per heavy atom. The average Bonchev–Trinajstić information content (AvgIpc) is 3.00. The van der Waals surface area contributed by atoms with Crippen LogP contribution in [0.25, 0.3) is 10.9 Å². The summed E-state index contributed by atoms with van der Waals surface area (Å²) in [6, 6.07) is 12.2. The van der Waals surface area contributed by atoms with E-state index in [4.69, 9.17) is 0 Å². The first-order chi connectivity index (χ1) is 13.9. The second kappa shape index (κ2) is 7.58. The van der Waals surface area contributed by atoms with E-state index in [0.29, 0.717) is 11.1 Å². The van der Waals surface area contributed by atoms with Gasteiger partial charge in [-0.1, -0.05) is 0 Å². The zero-order valence-corrected chi connectivity index (χ0v) is 15.5. The molecule has 0 amide bonds. The molecule has 29 heavy (non-hydrogen) atoms. The van der Waals surface area contributed by atoms with Gasteiger partial charge in [0.25, 0.3) is 0 Å². The van der Waals surface area contributed by atoms with Crippen LogP contribution in [0.3, 0.4) is 0 Å². The van der Waals surface area contributed by atoms with E-state index >= 15 is 0 Å². The van der Waals surface area contributed by atoms with Crippen molar-refractivity contribution in [3.8, 4) is 0 Å². The van der Waals surface area contributed by atoms with Gasteiger partial charge in [0.05, 0.1) is 11.7 Å². The predicted octanol–water partition coefficient (Wildman–Crippen LogP) is 5.34. The third-order valence-corrected chi connectivity index (χ3v) is 4.69. The van der Waals surface area contributed by atoms with E-state index < -0.39 is 23.3 Å². The van der Waals surface area contributed by atoms with Gasteiger partial charge in [-0.25, -0.2) is 17.6 Å². The average molecular weight is 399 g/mol. The highest BCUT2D eigenvalue weighted by Gasteiger charge is 2.13. The standard InChI is InChI=1S/C22H17F4N3/c1-28-22-3-2-21(8-16(22)11-27-28)29(12-14-4-17(23)9-18(24)5-14)13-15-6-19(25)10-20(26)7-15/h2-11H,12-13H2,1H3. The highest BCUT2D eigenvalue weighted by Crippen LogP contribution is 2.26. The van der Waals surface area contributed by atoms with Gasteiger partial charge < -0.3 is 4.90 Å². The van der Waals surface area contributed by atoms with E-state index in [1.807, 2.05) is 25.2 Å². The first-order valence-corrected chi connectivity index (χ1v) is 8.94. The first-order valence-electron chi connectivity index (χ1n) is 8.94. The molecule has 148 valence electrons. The Morgan fingerprint density at radius 1 is 0.759 bits per heavy atom. The molecule has 3 nitrogen and oxygen atoms in total. The van der Waals surface area contributed by atoms with Crippen molar-refractivity contribution in [2.75, 3.05) is 4.90 Å². The van der Waals surface area contributed by atoms with Crippen LogP contribution in [0, 0.1) is 23.3 Å². The second-order valence-corrected chi connectivity index (χ2v) is 6.92. The molecule has 1 heterocycles. The smallest absolute Gasteiger partial charge is 0.126 e. The summed E-state index contributed by atoms with van der Waals surface area (Å²) in [4.78, 5) is 1.80. The molecule has 0 saturated carbocycles. The highest BCUT2D eigenvalue weighted by molar-refractivity contribution is 5.82. The molecule has 0 aliphatic heterocycles. The minimum absolute atomic E-state index is 0.151. The molecule has 0 radical (unpaired) electrons. The van der Waals surface area contributed by atoms with Crippen molar-refractivity contribution < 1.29 is 17.6 Å². The number of nitrogens with zero attached hydrogens (tertiary/aromatic N) is 3. The number of fused-ring (bicyclic) bond motifs is 1. The number of aromatic nitrogens is 2. The van der Waals surface area contributed by atoms with Gasteiger partial charge in [0.2, 0.25) is 0 Å². The van der Waals surface area contributed by atoms with Crippen molar-refractivity contribution in [3.63, 3.8) is 0 Å². The maximum Gasteiger partial charge on any atom is 0.126 e. The molecular formula is C22H17F4N3. The number of benzene rings is 3. The van der Waals surface area contributed by atoms with Gasteiger partial charge in [-0.15, -0.1) is 0 Å². The number of anilines is 1. The molecule has 0 N–H and O–H groups in total. The fraction of sp³-hybridized carbons (Fsp3) is 0.136. The summed E-state index contributed by atoms with van der Waals surface area (Å²) in [7, 11) is 1.82. The number of hydrogen-bond donors (Lipinski definition) is 0. The molecule has 0 saturated heterocycles. The molecule has 4 rings (SSSR count). The first kappa shape index (κ1) is 19.0. The number of hydrogen-bond acceptors (Lipinski definition) is 2. The van der Waals surface area contributed by atoms with Crippen molar-refractivity contribution in [2.24, 2.45) is 7.05 Å². The molecule has 0 atom stereocenters. The summed E-state index contributed by atoms with van der Waals surface area (Å²) in [5.74, 6) is -2.72. The molecule has 0 spiro atoms. The summed E-state index contributed by atoms with van der Waals surface area (Å²) in [5.41, 5.74) is 2.47. The lowest BCUT2D eigenvalue weighted by atomic mass is 10.1. The molecular weight excluding hydrogens is 382 g/mol. The third-order valence-electron chi connectivity index (χ3n) is 4.69. The van der Waals surface area contributed by atoms with E-state index in [1.165, 1.54) is 24.3 Å². The van der Waals surface area contributed by atoms with Crippen LogP contribution in [0.5, 0.6) is 0 Å². The van der Waals surface area contributed by atoms with Crippen molar-refractivity contribution in [1.82, 2.24) is 9.78 Å². The van der Waals surface area contributed by atoms with Crippen LogP contribution in [-0.4, -0.2) is 9.78 Å². The van der Waals surface area contributed by atoms with E-state index in [9.17, 15) is 17.6 Å². The summed E-state index contributed by atoms with van der Waals surface area (Å²) >= 11 is 0. The van der Waals surface area contributed by atoms with Gasteiger partial charge in [-0.3, -0.25) is 4.68 Å². The lowest BCUT2D eigenvalue weighted by Crippen LogP contribution is -2.22. The summed E-state index contributed by atoms with van der Waals surface area (Å²) in [6.45, 7) is 0.303. The lowest BCUT2D eigenvalue weighted by Gasteiger charge is -2.25. The van der Waals surface area contributed by atoms with Crippen molar-refractivity contribution >= 4 is 16.6 Å². The molecule has 0 aliphatic carbocycles. The monoisotopic (exact) mass is 399 g/mol. The Morgan fingerprint density at radius 3 is 1.79 bits per heavy atom. The highest BCUT2D eigenvalue weighted by atomic mass is 19.1. The number of rotatable bonds is 5. The molecule has 0 fully saturated rings. The predicted molar refractivity (Wildman–Crippen MR) is 103 cm³/mol. The van der Waals surface area contributed by atoms with E-state index in [-0.39, 0.29) is 13.1 Å². The Bertz CT molecular complexity index is 1090. The molecule has 4 aromatic rings. The van der Waals surface area contributed by atoms with Gasteiger partial charge >= 0.3 is 0 Å². The van der Waals surface area contributed by atoms with Gasteiger partial charge in [-0.05, 0) is 53.6 Å². The summed E-state index contributed by atoms with van der Waals surface area (Å²) in [6.07, 6.45) is 1.71. The van der Waals surface area contributed by atoms with Crippen LogP contribution >= 0.6 is 0 Å². The van der Waals surface area contributed by atoms with Gasteiger partial charge in [0.15, 0.2) is 0 Å². The Labute approximate surface area is 164 Å². The fourth-order valence-corrected chi connectivity index (χ4v) is 3.43. The Kier molecular flexibility index (Phi) is 4.96.